The van der Waals surface area contributed by atoms with Crippen molar-refractivity contribution in [2.24, 2.45) is 0 Å². The maximum absolute atomic E-state index is 6.11. The SMILES string of the molecule is Nc1ccc(SCc2nc(-c3ccccc3Cl)no2)nc1. The van der Waals surface area contributed by atoms with Gasteiger partial charge >= 0.3 is 0 Å². The average molecular weight is 319 g/mol. The number of thioether (sulfide) groups is 1. The molecule has 106 valence electrons. The van der Waals surface area contributed by atoms with Crippen LogP contribution in [0.25, 0.3) is 11.4 Å². The van der Waals surface area contributed by atoms with Gasteiger partial charge in [-0.15, -0.1) is 0 Å². The standard InChI is InChI=1S/C14H11ClN4OS/c15-11-4-2-1-3-10(11)14-18-12(20-19-14)8-21-13-6-5-9(16)7-17-13/h1-7H,8,16H2. The molecule has 3 rings (SSSR count). The van der Waals surface area contributed by atoms with Gasteiger partial charge in [-0.3, -0.25) is 0 Å². The van der Waals surface area contributed by atoms with Gasteiger partial charge in [-0.05, 0) is 24.3 Å². The van der Waals surface area contributed by atoms with E-state index in [2.05, 4.69) is 15.1 Å². The highest BCUT2D eigenvalue weighted by Gasteiger charge is 2.11. The minimum atomic E-state index is 0.487. The van der Waals surface area contributed by atoms with Gasteiger partial charge in [-0.2, -0.15) is 4.98 Å². The topological polar surface area (TPSA) is 77.8 Å². The van der Waals surface area contributed by atoms with Gasteiger partial charge < -0.3 is 10.3 Å². The second-order valence-electron chi connectivity index (χ2n) is 4.21. The maximum atomic E-state index is 6.11. The summed E-state index contributed by atoms with van der Waals surface area (Å²) in [6, 6.07) is 11.0. The number of rotatable bonds is 4. The summed E-state index contributed by atoms with van der Waals surface area (Å²) in [6.07, 6.45) is 1.62. The van der Waals surface area contributed by atoms with Crippen LogP contribution in [0, 0.1) is 0 Å². The summed E-state index contributed by atoms with van der Waals surface area (Å²) < 4.78 is 5.23. The van der Waals surface area contributed by atoms with Crippen LogP contribution in [0.2, 0.25) is 5.02 Å². The summed E-state index contributed by atoms with van der Waals surface area (Å²) in [4.78, 5) is 8.54. The molecule has 2 heterocycles. The third-order valence-electron chi connectivity index (χ3n) is 2.69. The Morgan fingerprint density at radius 1 is 1.19 bits per heavy atom. The highest BCUT2D eigenvalue weighted by Crippen LogP contribution is 2.26. The molecule has 0 fully saturated rings. The van der Waals surface area contributed by atoms with E-state index in [1.165, 1.54) is 11.8 Å². The molecule has 7 heteroatoms. The van der Waals surface area contributed by atoms with Crippen molar-refractivity contribution in [2.75, 3.05) is 5.73 Å². The predicted molar refractivity (Wildman–Crippen MR) is 83.0 cm³/mol. The summed E-state index contributed by atoms with van der Waals surface area (Å²) in [6.45, 7) is 0. The number of anilines is 1. The molecule has 0 bridgehead atoms. The van der Waals surface area contributed by atoms with Gasteiger partial charge in [0, 0.05) is 5.56 Å². The largest absolute Gasteiger partial charge is 0.397 e. The zero-order chi connectivity index (χ0) is 14.7. The van der Waals surface area contributed by atoms with E-state index < -0.39 is 0 Å². The van der Waals surface area contributed by atoms with E-state index in [1.54, 1.807) is 18.3 Å². The van der Waals surface area contributed by atoms with Crippen LogP contribution in [-0.2, 0) is 5.75 Å². The molecule has 0 aliphatic carbocycles. The van der Waals surface area contributed by atoms with E-state index in [-0.39, 0.29) is 0 Å². The Kier molecular flexibility index (Phi) is 4.08. The number of halogens is 1. The Bertz CT molecular complexity index is 745. The molecule has 0 atom stereocenters. The van der Waals surface area contributed by atoms with Gasteiger partial charge in [0.2, 0.25) is 11.7 Å². The first-order valence-corrected chi connectivity index (χ1v) is 7.50. The van der Waals surface area contributed by atoms with Crippen LogP contribution >= 0.6 is 23.4 Å². The molecular weight excluding hydrogens is 308 g/mol. The number of hydrogen-bond donors (Lipinski definition) is 1. The lowest BCUT2D eigenvalue weighted by atomic mass is 10.2. The van der Waals surface area contributed by atoms with E-state index in [0.717, 1.165) is 10.6 Å². The normalized spacial score (nSPS) is 10.7. The molecule has 1 aromatic carbocycles. The van der Waals surface area contributed by atoms with Gasteiger partial charge in [0.1, 0.15) is 0 Å². The zero-order valence-electron chi connectivity index (χ0n) is 10.9. The second kappa shape index (κ2) is 6.15. The van der Waals surface area contributed by atoms with Crippen molar-refractivity contribution < 1.29 is 4.52 Å². The highest BCUT2D eigenvalue weighted by atomic mass is 35.5. The lowest BCUT2D eigenvalue weighted by Crippen LogP contribution is -1.88. The molecule has 0 saturated heterocycles. The number of nitrogens with two attached hydrogens (primary N) is 1. The monoisotopic (exact) mass is 318 g/mol. The molecule has 2 aromatic heterocycles. The molecule has 0 aliphatic rings. The molecule has 3 aromatic rings. The lowest BCUT2D eigenvalue weighted by Gasteiger charge is -1.97. The number of aromatic nitrogens is 3. The molecule has 0 saturated carbocycles. The van der Waals surface area contributed by atoms with E-state index in [9.17, 15) is 0 Å². The van der Waals surface area contributed by atoms with Crippen LogP contribution < -0.4 is 5.73 Å². The third-order valence-corrected chi connectivity index (χ3v) is 3.94. The van der Waals surface area contributed by atoms with Crippen molar-refractivity contribution >= 4 is 29.1 Å². The first-order valence-electron chi connectivity index (χ1n) is 6.14. The first kappa shape index (κ1) is 13.9. The molecule has 21 heavy (non-hydrogen) atoms. The molecule has 2 N–H and O–H groups in total. The number of benzene rings is 1. The molecule has 0 radical (unpaired) electrons. The summed E-state index contributed by atoms with van der Waals surface area (Å²) in [5, 5.41) is 5.39. The molecular formula is C14H11ClN4OS. The summed E-state index contributed by atoms with van der Waals surface area (Å²) >= 11 is 7.61. The van der Waals surface area contributed by atoms with Crippen LogP contribution in [0.5, 0.6) is 0 Å². The van der Waals surface area contributed by atoms with Crippen LogP contribution in [0.4, 0.5) is 5.69 Å². The summed E-state index contributed by atoms with van der Waals surface area (Å²) in [7, 11) is 0. The van der Waals surface area contributed by atoms with E-state index in [1.807, 2.05) is 24.3 Å². The zero-order valence-corrected chi connectivity index (χ0v) is 12.4. The molecule has 0 aliphatic heterocycles. The quantitative estimate of drug-likeness (QED) is 0.740. The van der Waals surface area contributed by atoms with Crippen molar-refractivity contribution in [1.82, 2.24) is 15.1 Å². The second-order valence-corrected chi connectivity index (χ2v) is 5.61. The van der Waals surface area contributed by atoms with Gasteiger partial charge in [0.05, 0.1) is 27.7 Å². The minimum Gasteiger partial charge on any atom is -0.397 e. The molecule has 0 amide bonds. The number of hydrogen-bond acceptors (Lipinski definition) is 6. The van der Waals surface area contributed by atoms with Crippen LogP contribution in [0.1, 0.15) is 5.89 Å². The van der Waals surface area contributed by atoms with Gasteiger partial charge in [-0.1, -0.05) is 40.7 Å². The summed E-state index contributed by atoms with van der Waals surface area (Å²) in [5.74, 6) is 1.55. The lowest BCUT2D eigenvalue weighted by molar-refractivity contribution is 0.391. The fourth-order valence-corrected chi connectivity index (χ4v) is 2.58. The van der Waals surface area contributed by atoms with Crippen LogP contribution in [0.15, 0.2) is 52.1 Å². The number of nitrogen functional groups attached to an aromatic ring is 1. The maximum Gasteiger partial charge on any atom is 0.237 e. The Hall–Kier alpha value is -2.05. The fraction of sp³-hybridized carbons (Fsp3) is 0.0714. The predicted octanol–water partition coefficient (Wildman–Crippen LogP) is 3.66. The fourth-order valence-electron chi connectivity index (χ4n) is 1.68. The van der Waals surface area contributed by atoms with E-state index >= 15 is 0 Å². The van der Waals surface area contributed by atoms with Crippen molar-refractivity contribution in [2.45, 2.75) is 10.8 Å². The van der Waals surface area contributed by atoms with Gasteiger partial charge in [0.25, 0.3) is 0 Å². The Morgan fingerprint density at radius 2 is 2.05 bits per heavy atom. The van der Waals surface area contributed by atoms with E-state index in [4.69, 9.17) is 21.9 Å². The molecule has 0 unspecified atom stereocenters. The van der Waals surface area contributed by atoms with Gasteiger partial charge in [-0.25, -0.2) is 4.98 Å². The Labute approximate surface area is 130 Å². The highest BCUT2D eigenvalue weighted by molar-refractivity contribution is 7.98. The van der Waals surface area contributed by atoms with Crippen molar-refractivity contribution in [3.63, 3.8) is 0 Å². The van der Waals surface area contributed by atoms with Crippen LogP contribution in [-0.4, -0.2) is 15.1 Å². The van der Waals surface area contributed by atoms with Crippen LogP contribution in [0.3, 0.4) is 0 Å². The number of pyridine rings is 1. The number of nitrogens with zero attached hydrogens (tertiary/aromatic N) is 3. The Balaban J connectivity index is 1.71. The average Bonchev–Trinajstić information content (AvgIpc) is 2.96. The minimum absolute atomic E-state index is 0.487. The van der Waals surface area contributed by atoms with E-state index in [0.29, 0.717) is 28.2 Å². The van der Waals surface area contributed by atoms with Crippen molar-refractivity contribution in [3.05, 3.63) is 53.5 Å². The smallest absolute Gasteiger partial charge is 0.237 e. The molecule has 0 spiro atoms. The Morgan fingerprint density at radius 3 is 2.81 bits per heavy atom. The van der Waals surface area contributed by atoms with Gasteiger partial charge in [0.15, 0.2) is 0 Å². The third kappa shape index (κ3) is 3.34. The molecule has 5 nitrogen and oxygen atoms in total. The first-order chi connectivity index (χ1) is 10.2. The summed E-state index contributed by atoms with van der Waals surface area (Å²) in [5.41, 5.74) is 6.98. The van der Waals surface area contributed by atoms with Crippen molar-refractivity contribution in [1.29, 1.82) is 0 Å². The van der Waals surface area contributed by atoms with Crippen molar-refractivity contribution in [3.8, 4) is 11.4 Å².